The molecule has 1 aliphatic rings. The van der Waals surface area contributed by atoms with Crippen LogP contribution >= 0.6 is 0 Å². The van der Waals surface area contributed by atoms with Crippen molar-refractivity contribution in [2.24, 2.45) is 0 Å². The largest absolute Gasteiger partial charge is 0.387 e. The van der Waals surface area contributed by atoms with Crippen molar-refractivity contribution in [3.05, 3.63) is 93.5 Å². The molecule has 1 heterocycles. The van der Waals surface area contributed by atoms with Gasteiger partial charge in [-0.25, -0.2) is 0 Å². The first-order valence-corrected chi connectivity index (χ1v) is 10.1. The summed E-state index contributed by atoms with van der Waals surface area (Å²) in [6.07, 6.45) is 0.865. The molecule has 0 spiro atoms. The second-order valence-corrected chi connectivity index (χ2v) is 7.57. The van der Waals surface area contributed by atoms with Crippen LogP contribution in [0.15, 0.2) is 66.7 Å². The van der Waals surface area contributed by atoms with Gasteiger partial charge in [-0.05, 0) is 59.9 Å². The van der Waals surface area contributed by atoms with E-state index >= 15 is 0 Å². The highest BCUT2D eigenvalue weighted by Gasteiger charge is 2.23. The number of nitro benzene ring substituents is 1. The maximum absolute atomic E-state index is 12.5. The fourth-order valence-corrected chi connectivity index (χ4v) is 3.92. The van der Waals surface area contributed by atoms with Gasteiger partial charge in [0.2, 0.25) is 5.91 Å². The van der Waals surface area contributed by atoms with Gasteiger partial charge in [0.1, 0.15) is 0 Å². The van der Waals surface area contributed by atoms with E-state index in [1.807, 2.05) is 36.4 Å². The third-order valence-corrected chi connectivity index (χ3v) is 5.53. The van der Waals surface area contributed by atoms with Crippen LogP contribution in [0.25, 0.3) is 0 Å². The second-order valence-electron chi connectivity index (χ2n) is 7.57. The van der Waals surface area contributed by atoms with Crippen molar-refractivity contribution < 1.29 is 14.8 Å². The molecule has 0 saturated carbocycles. The summed E-state index contributed by atoms with van der Waals surface area (Å²) in [6.45, 7) is 1.79. The summed E-state index contributed by atoms with van der Waals surface area (Å²) in [7, 11) is 0. The molecule has 0 bridgehead atoms. The number of nitro groups is 1. The van der Waals surface area contributed by atoms with Gasteiger partial charge < -0.3 is 10.4 Å². The molecule has 0 fully saturated rings. The van der Waals surface area contributed by atoms with Gasteiger partial charge in [0.15, 0.2) is 0 Å². The molecule has 0 radical (unpaired) electrons. The van der Waals surface area contributed by atoms with Crippen LogP contribution in [-0.4, -0.2) is 22.5 Å². The standard InChI is InChI=1S/C24H23N3O4/c1-16(28)26-22-5-3-2-4-17(22)6-7-18-8-11-20(14-23(18)26)25-15-24(29)19-9-12-21(13-10-19)27(30)31/h2-5,8-14,24-25,29H,6-7,15H2,1H3. The number of aliphatic hydroxyl groups is 1. The number of benzene rings is 3. The van der Waals surface area contributed by atoms with Crippen molar-refractivity contribution in [3.63, 3.8) is 0 Å². The highest BCUT2D eigenvalue weighted by Crippen LogP contribution is 2.37. The Bertz CT molecular complexity index is 1130. The second kappa shape index (κ2) is 8.57. The minimum atomic E-state index is -0.829. The average molecular weight is 417 g/mol. The highest BCUT2D eigenvalue weighted by molar-refractivity contribution is 6.01. The Hall–Kier alpha value is -3.71. The zero-order valence-electron chi connectivity index (χ0n) is 17.1. The van der Waals surface area contributed by atoms with Crippen LogP contribution in [0.1, 0.15) is 29.7 Å². The Morgan fingerprint density at radius 1 is 1.06 bits per heavy atom. The van der Waals surface area contributed by atoms with Gasteiger partial charge in [0.05, 0.1) is 22.4 Å². The molecule has 0 aromatic heterocycles. The number of nitrogens with one attached hydrogen (secondary N) is 1. The lowest BCUT2D eigenvalue weighted by molar-refractivity contribution is -0.384. The Labute approximate surface area is 180 Å². The average Bonchev–Trinajstić information content (AvgIpc) is 2.94. The first kappa shape index (κ1) is 20.6. The van der Waals surface area contributed by atoms with Crippen LogP contribution in [0.5, 0.6) is 0 Å². The van der Waals surface area contributed by atoms with Crippen molar-refractivity contribution in [3.8, 4) is 0 Å². The van der Waals surface area contributed by atoms with E-state index in [2.05, 4.69) is 11.4 Å². The molecular weight excluding hydrogens is 394 g/mol. The summed E-state index contributed by atoms with van der Waals surface area (Å²) in [5, 5.41) is 24.5. The monoisotopic (exact) mass is 417 g/mol. The van der Waals surface area contributed by atoms with E-state index in [4.69, 9.17) is 0 Å². The smallest absolute Gasteiger partial charge is 0.269 e. The first-order chi connectivity index (χ1) is 14.9. The molecule has 1 amide bonds. The van der Waals surface area contributed by atoms with Crippen LogP contribution < -0.4 is 10.2 Å². The molecule has 1 atom stereocenters. The SMILES string of the molecule is CC(=O)N1c2ccccc2CCc2ccc(NCC(O)c3ccc([N+](=O)[O-])cc3)cc21. The quantitative estimate of drug-likeness (QED) is 0.470. The lowest BCUT2D eigenvalue weighted by Crippen LogP contribution is -2.24. The number of carbonyl (C=O) groups is 1. The summed E-state index contributed by atoms with van der Waals surface area (Å²) in [4.78, 5) is 24.6. The van der Waals surface area contributed by atoms with E-state index in [0.29, 0.717) is 5.56 Å². The molecule has 0 aliphatic carbocycles. The molecule has 2 N–H and O–H groups in total. The lowest BCUT2D eigenvalue weighted by atomic mass is 10.0. The first-order valence-electron chi connectivity index (χ1n) is 10.1. The third kappa shape index (κ3) is 4.27. The zero-order valence-corrected chi connectivity index (χ0v) is 17.1. The molecular formula is C24H23N3O4. The number of carbonyl (C=O) groups excluding carboxylic acids is 1. The van der Waals surface area contributed by atoms with Gasteiger partial charge in [-0.15, -0.1) is 0 Å². The summed E-state index contributed by atoms with van der Waals surface area (Å²) < 4.78 is 0. The number of fused-ring (bicyclic) bond motifs is 2. The van der Waals surface area contributed by atoms with E-state index in [9.17, 15) is 20.0 Å². The van der Waals surface area contributed by atoms with Crippen LogP contribution in [0.4, 0.5) is 22.7 Å². The summed E-state index contributed by atoms with van der Waals surface area (Å²) in [6, 6.07) is 19.7. The van der Waals surface area contributed by atoms with E-state index in [-0.39, 0.29) is 18.1 Å². The number of para-hydroxylation sites is 1. The molecule has 7 nitrogen and oxygen atoms in total. The van der Waals surface area contributed by atoms with Crippen LogP contribution in [0.3, 0.4) is 0 Å². The molecule has 7 heteroatoms. The molecule has 3 aromatic carbocycles. The fourth-order valence-electron chi connectivity index (χ4n) is 3.92. The summed E-state index contributed by atoms with van der Waals surface area (Å²) in [5.74, 6) is -0.0568. The Kier molecular flexibility index (Phi) is 5.68. The van der Waals surface area contributed by atoms with Crippen molar-refractivity contribution in [1.29, 1.82) is 0 Å². The predicted octanol–water partition coefficient (Wildman–Crippen LogP) is 4.52. The maximum atomic E-state index is 12.5. The molecule has 1 aliphatic heterocycles. The molecule has 158 valence electrons. The van der Waals surface area contributed by atoms with E-state index < -0.39 is 11.0 Å². The number of hydrogen-bond donors (Lipinski definition) is 2. The Balaban J connectivity index is 1.55. The minimum absolute atomic E-state index is 0.0146. The van der Waals surface area contributed by atoms with Crippen LogP contribution in [0, 0.1) is 10.1 Å². The number of non-ortho nitro benzene ring substituents is 1. The zero-order chi connectivity index (χ0) is 22.0. The van der Waals surface area contributed by atoms with Crippen molar-refractivity contribution in [2.45, 2.75) is 25.9 Å². The Morgan fingerprint density at radius 3 is 2.42 bits per heavy atom. The molecule has 31 heavy (non-hydrogen) atoms. The predicted molar refractivity (Wildman–Crippen MR) is 120 cm³/mol. The normalized spacial score (nSPS) is 13.5. The summed E-state index contributed by atoms with van der Waals surface area (Å²) in [5.41, 5.74) is 5.32. The van der Waals surface area contributed by atoms with Crippen molar-refractivity contribution >= 4 is 28.7 Å². The van der Waals surface area contributed by atoms with Gasteiger partial charge in [-0.3, -0.25) is 19.8 Å². The fraction of sp³-hybridized carbons (Fsp3) is 0.208. The highest BCUT2D eigenvalue weighted by atomic mass is 16.6. The lowest BCUT2D eigenvalue weighted by Gasteiger charge is -2.24. The number of rotatable bonds is 5. The maximum Gasteiger partial charge on any atom is 0.269 e. The van der Waals surface area contributed by atoms with Gasteiger partial charge in [0.25, 0.3) is 5.69 Å². The number of aliphatic hydroxyl groups excluding tert-OH is 1. The van der Waals surface area contributed by atoms with E-state index in [1.165, 1.54) is 12.1 Å². The Morgan fingerprint density at radius 2 is 1.74 bits per heavy atom. The third-order valence-electron chi connectivity index (χ3n) is 5.53. The van der Waals surface area contributed by atoms with Gasteiger partial charge in [-0.2, -0.15) is 0 Å². The molecule has 3 aromatic rings. The van der Waals surface area contributed by atoms with Crippen molar-refractivity contribution in [1.82, 2.24) is 0 Å². The topological polar surface area (TPSA) is 95.7 Å². The van der Waals surface area contributed by atoms with E-state index in [1.54, 1.807) is 24.0 Å². The number of aryl methyl sites for hydroxylation is 2. The van der Waals surface area contributed by atoms with Gasteiger partial charge in [-0.1, -0.05) is 24.3 Å². The van der Waals surface area contributed by atoms with Gasteiger partial charge >= 0.3 is 0 Å². The van der Waals surface area contributed by atoms with Gasteiger partial charge in [0, 0.05) is 31.3 Å². The number of amides is 1. The molecule has 0 saturated heterocycles. The minimum Gasteiger partial charge on any atom is -0.387 e. The number of nitrogens with zero attached hydrogens (tertiary/aromatic N) is 2. The number of hydrogen-bond acceptors (Lipinski definition) is 5. The van der Waals surface area contributed by atoms with Crippen LogP contribution in [-0.2, 0) is 17.6 Å². The van der Waals surface area contributed by atoms with E-state index in [0.717, 1.165) is 41.0 Å². The molecule has 4 rings (SSSR count). The van der Waals surface area contributed by atoms with Crippen LogP contribution in [0.2, 0.25) is 0 Å². The summed E-state index contributed by atoms with van der Waals surface area (Å²) >= 11 is 0. The molecule has 1 unspecified atom stereocenters. The number of anilines is 3. The van der Waals surface area contributed by atoms with Crippen molar-refractivity contribution in [2.75, 3.05) is 16.8 Å².